The minimum absolute atomic E-state index is 0.495. The molecule has 94 valence electrons. The zero-order chi connectivity index (χ0) is 12.6. The molecule has 1 heterocycles. The van der Waals surface area contributed by atoms with E-state index in [0.717, 1.165) is 29.1 Å². The molecule has 18 heavy (non-hydrogen) atoms. The predicted molar refractivity (Wildman–Crippen MR) is 74.6 cm³/mol. The van der Waals surface area contributed by atoms with Gasteiger partial charge in [-0.15, -0.1) is 11.3 Å². The molecule has 1 aliphatic rings. The van der Waals surface area contributed by atoms with Crippen LogP contribution in [0, 0.1) is 5.92 Å². The fraction of sp³-hybridized carbons (Fsp3) is 0.400. The van der Waals surface area contributed by atoms with Gasteiger partial charge in [0.05, 0.1) is 16.3 Å². The lowest BCUT2D eigenvalue weighted by molar-refractivity contribution is -0.0665. The van der Waals surface area contributed by atoms with E-state index >= 15 is 0 Å². The molecule has 0 radical (unpaired) electrons. The van der Waals surface area contributed by atoms with Gasteiger partial charge in [0.25, 0.3) is 0 Å². The highest BCUT2D eigenvalue weighted by Crippen LogP contribution is 2.40. The average molecular weight is 259 g/mol. The quantitative estimate of drug-likeness (QED) is 0.915. The predicted octanol–water partition coefficient (Wildman–Crippen LogP) is 3.51. The number of benzene rings is 1. The lowest BCUT2D eigenvalue weighted by atomic mass is 9.70. The number of hydrogen-bond acceptors (Lipinski definition) is 3. The van der Waals surface area contributed by atoms with Crippen LogP contribution >= 0.6 is 11.3 Å². The lowest BCUT2D eigenvalue weighted by Crippen LogP contribution is -2.44. The van der Waals surface area contributed by atoms with Crippen molar-refractivity contribution in [1.29, 1.82) is 0 Å². The molecule has 0 unspecified atom stereocenters. The van der Waals surface area contributed by atoms with Crippen LogP contribution in [0.2, 0.25) is 0 Å². The van der Waals surface area contributed by atoms with Gasteiger partial charge in [-0.1, -0.05) is 37.3 Å². The number of nitrogens with zero attached hydrogens (tertiary/aromatic N) is 1. The molecule has 2 aromatic rings. The molecule has 3 rings (SSSR count). The second kappa shape index (κ2) is 4.48. The molecule has 1 aliphatic carbocycles. The standard InChI is InChI=1S/C15H17NOS/c1-11-7-15(17,8-11)9-14-16-13(10-18-14)12-5-3-2-4-6-12/h2-6,10-11,17H,7-9H2,1H3. The van der Waals surface area contributed by atoms with Crippen molar-refractivity contribution in [3.8, 4) is 11.3 Å². The first-order valence-corrected chi connectivity index (χ1v) is 7.25. The van der Waals surface area contributed by atoms with E-state index in [0.29, 0.717) is 12.3 Å². The number of aromatic nitrogens is 1. The molecule has 0 amide bonds. The van der Waals surface area contributed by atoms with Crippen molar-refractivity contribution in [2.24, 2.45) is 5.92 Å². The Kier molecular flexibility index (Phi) is 2.96. The van der Waals surface area contributed by atoms with Crippen molar-refractivity contribution in [2.75, 3.05) is 0 Å². The van der Waals surface area contributed by atoms with E-state index in [1.54, 1.807) is 11.3 Å². The van der Waals surface area contributed by atoms with Crippen molar-refractivity contribution in [1.82, 2.24) is 4.98 Å². The maximum absolute atomic E-state index is 10.3. The smallest absolute Gasteiger partial charge is 0.0961 e. The van der Waals surface area contributed by atoms with Gasteiger partial charge < -0.3 is 5.11 Å². The molecule has 1 fully saturated rings. The van der Waals surface area contributed by atoms with E-state index in [9.17, 15) is 5.11 Å². The fourth-order valence-electron chi connectivity index (χ4n) is 2.80. The van der Waals surface area contributed by atoms with Crippen molar-refractivity contribution in [3.05, 3.63) is 40.7 Å². The summed E-state index contributed by atoms with van der Waals surface area (Å²) in [7, 11) is 0. The minimum Gasteiger partial charge on any atom is -0.389 e. The first-order valence-electron chi connectivity index (χ1n) is 6.37. The van der Waals surface area contributed by atoms with Crippen molar-refractivity contribution in [3.63, 3.8) is 0 Å². The van der Waals surface area contributed by atoms with Gasteiger partial charge in [0, 0.05) is 17.4 Å². The summed E-state index contributed by atoms with van der Waals surface area (Å²) in [6.07, 6.45) is 2.52. The molecule has 1 aromatic carbocycles. The van der Waals surface area contributed by atoms with Crippen LogP contribution in [0.5, 0.6) is 0 Å². The first kappa shape index (κ1) is 11.9. The number of aliphatic hydroxyl groups is 1. The summed E-state index contributed by atoms with van der Waals surface area (Å²) < 4.78 is 0. The number of rotatable bonds is 3. The summed E-state index contributed by atoms with van der Waals surface area (Å²) in [6.45, 7) is 2.19. The highest BCUT2D eigenvalue weighted by molar-refractivity contribution is 7.09. The average Bonchev–Trinajstić information content (AvgIpc) is 2.76. The van der Waals surface area contributed by atoms with E-state index in [-0.39, 0.29) is 0 Å². The number of hydrogen-bond donors (Lipinski definition) is 1. The zero-order valence-electron chi connectivity index (χ0n) is 10.5. The van der Waals surface area contributed by atoms with Crippen LogP contribution in [0.4, 0.5) is 0 Å². The minimum atomic E-state index is -0.495. The van der Waals surface area contributed by atoms with E-state index in [1.807, 2.05) is 18.2 Å². The molecule has 1 saturated carbocycles. The van der Waals surface area contributed by atoms with Crippen LogP contribution in [0.1, 0.15) is 24.8 Å². The zero-order valence-corrected chi connectivity index (χ0v) is 11.3. The van der Waals surface area contributed by atoms with E-state index in [2.05, 4.69) is 29.4 Å². The summed E-state index contributed by atoms with van der Waals surface area (Å²) >= 11 is 1.65. The largest absolute Gasteiger partial charge is 0.389 e. The third-order valence-electron chi connectivity index (χ3n) is 3.56. The van der Waals surface area contributed by atoms with E-state index in [1.165, 1.54) is 0 Å². The Balaban J connectivity index is 1.74. The Hall–Kier alpha value is -1.19. The number of thiazole rings is 1. The molecular formula is C15H17NOS. The maximum Gasteiger partial charge on any atom is 0.0961 e. The highest BCUT2D eigenvalue weighted by Gasteiger charge is 2.40. The Labute approximate surface area is 111 Å². The molecule has 0 spiro atoms. The van der Waals surface area contributed by atoms with Gasteiger partial charge >= 0.3 is 0 Å². The van der Waals surface area contributed by atoms with Crippen LogP contribution in [-0.4, -0.2) is 15.7 Å². The van der Waals surface area contributed by atoms with Crippen LogP contribution in [-0.2, 0) is 6.42 Å². The van der Waals surface area contributed by atoms with E-state index in [4.69, 9.17) is 0 Å². The summed E-state index contributed by atoms with van der Waals surface area (Å²) in [5, 5.41) is 13.4. The van der Waals surface area contributed by atoms with E-state index < -0.39 is 5.60 Å². The Morgan fingerprint density at radius 3 is 2.72 bits per heavy atom. The maximum atomic E-state index is 10.3. The van der Waals surface area contributed by atoms with Gasteiger partial charge in [-0.05, 0) is 18.8 Å². The molecule has 1 N–H and O–H groups in total. The molecule has 2 nitrogen and oxygen atoms in total. The summed E-state index contributed by atoms with van der Waals surface area (Å²) in [5.41, 5.74) is 1.67. The van der Waals surface area contributed by atoms with Gasteiger partial charge in [0.2, 0.25) is 0 Å². The molecule has 0 saturated heterocycles. The third kappa shape index (κ3) is 2.33. The van der Waals surface area contributed by atoms with Crippen LogP contribution in [0.15, 0.2) is 35.7 Å². The van der Waals surface area contributed by atoms with Gasteiger partial charge in [-0.2, -0.15) is 0 Å². The molecule has 0 bridgehead atoms. The molecule has 0 aliphatic heterocycles. The topological polar surface area (TPSA) is 33.1 Å². The van der Waals surface area contributed by atoms with Crippen LogP contribution in [0.3, 0.4) is 0 Å². The van der Waals surface area contributed by atoms with Crippen LogP contribution in [0.25, 0.3) is 11.3 Å². The third-order valence-corrected chi connectivity index (χ3v) is 4.41. The molecule has 1 aromatic heterocycles. The summed E-state index contributed by atoms with van der Waals surface area (Å²) in [4.78, 5) is 4.63. The van der Waals surface area contributed by atoms with Crippen molar-refractivity contribution in [2.45, 2.75) is 31.8 Å². The van der Waals surface area contributed by atoms with Crippen molar-refractivity contribution >= 4 is 11.3 Å². The van der Waals surface area contributed by atoms with Gasteiger partial charge in [0.15, 0.2) is 0 Å². The Morgan fingerprint density at radius 1 is 1.33 bits per heavy atom. The van der Waals surface area contributed by atoms with Crippen molar-refractivity contribution < 1.29 is 5.11 Å². The normalized spacial score (nSPS) is 26.9. The van der Waals surface area contributed by atoms with Gasteiger partial charge in [-0.3, -0.25) is 0 Å². The fourth-order valence-corrected chi connectivity index (χ4v) is 3.74. The first-order chi connectivity index (χ1) is 8.65. The monoisotopic (exact) mass is 259 g/mol. The molecular weight excluding hydrogens is 242 g/mol. The van der Waals surface area contributed by atoms with Crippen LogP contribution < -0.4 is 0 Å². The molecule has 3 heteroatoms. The second-order valence-electron chi connectivity index (χ2n) is 5.41. The van der Waals surface area contributed by atoms with Gasteiger partial charge in [0.1, 0.15) is 0 Å². The summed E-state index contributed by atoms with van der Waals surface area (Å²) in [6, 6.07) is 10.2. The summed E-state index contributed by atoms with van der Waals surface area (Å²) in [5.74, 6) is 0.656. The van der Waals surface area contributed by atoms with Gasteiger partial charge in [-0.25, -0.2) is 4.98 Å². The SMILES string of the molecule is CC1CC(O)(Cc2nc(-c3ccccc3)cs2)C1. The highest BCUT2D eigenvalue weighted by atomic mass is 32.1. The molecule has 0 atom stereocenters. The Bertz CT molecular complexity index is 528. The second-order valence-corrected chi connectivity index (χ2v) is 6.35. The lowest BCUT2D eigenvalue weighted by Gasteiger charge is -2.41. The Morgan fingerprint density at radius 2 is 2.06 bits per heavy atom.